The molecule has 1 aliphatic heterocycles. The predicted molar refractivity (Wildman–Crippen MR) is 51.3 cm³/mol. The number of anilines is 1. The topological polar surface area (TPSA) is 53.0 Å². The molecule has 0 amide bonds. The third-order valence-corrected chi connectivity index (χ3v) is 2.37. The highest BCUT2D eigenvalue weighted by Gasteiger charge is 2.28. The van der Waals surface area contributed by atoms with Gasteiger partial charge in [-0.05, 0) is 12.1 Å². The van der Waals surface area contributed by atoms with Gasteiger partial charge in [0.2, 0.25) is 0 Å². The van der Waals surface area contributed by atoms with Crippen molar-refractivity contribution in [2.24, 2.45) is 5.73 Å². The van der Waals surface area contributed by atoms with E-state index in [2.05, 4.69) is 0 Å². The smallest absolute Gasteiger partial charge is 0.150 e. The Hall–Kier alpha value is -1.67. The summed E-state index contributed by atoms with van der Waals surface area (Å²) in [4.78, 5) is 1.52. The number of halogens is 2. The second-order valence-corrected chi connectivity index (χ2v) is 3.57. The first-order valence-electron chi connectivity index (χ1n) is 4.51. The Bertz CT molecular complexity index is 410. The highest BCUT2D eigenvalue weighted by Crippen LogP contribution is 2.27. The maximum atomic E-state index is 13.4. The summed E-state index contributed by atoms with van der Waals surface area (Å²) in [5.41, 5.74) is 5.42. The van der Waals surface area contributed by atoms with Crippen molar-refractivity contribution in [1.82, 2.24) is 0 Å². The van der Waals surface area contributed by atoms with Crippen LogP contribution in [0.4, 0.5) is 14.5 Å². The highest BCUT2D eigenvalue weighted by atomic mass is 19.1. The minimum absolute atomic E-state index is 0.0152. The zero-order valence-corrected chi connectivity index (χ0v) is 7.87. The van der Waals surface area contributed by atoms with Crippen LogP contribution in [-0.2, 0) is 0 Å². The van der Waals surface area contributed by atoms with Crippen LogP contribution in [0.15, 0.2) is 12.1 Å². The molecule has 0 aliphatic carbocycles. The first-order chi connectivity index (χ1) is 7.11. The van der Waals surface area contributed by atoms with Crippen LogP contribution in [0.1, 0.15) is 5.56 Å². The molecule has 3 nitrogen and oxygen atoms in total. The van der Waals surface area contributed by atoms with Gasteiger partial charge in [0.05, 0.1) is 11.6 Å². The lowest BCUT2D eigenvalue weighted by Gasteiger charge is -2.39. The lowest BCUT2D eigenvalue weighted by molar-refractivity contribution is 0.487. The Morgan fingerprint density at radius 1 is 1.33 bits per heavy atom. The summed E-state index contributed by atoms with van der Waals surface area (Å²) in [6.07, 6.45) is 0. The molecule has 78 valence electrons. The normalized spacial score (nSPS) is 16.0. The van der Waals surface area contributed by atoms with E-state index in [0.717, 1.165) is 12.1 Å². The molecular formula is C10H9F2N3. The number of benzene rings is 1. The van der Waals surface area contributed by atoms with E-state index in [1.54, 1.807) is 6.07 Å². The first kappa shape index (κ1) is 9.87. The van der Waals surface area contributed by atoms with Crippen molar-refractivity contribution in [2.45, 2.75) is 6.04 Å². The summed E-state index contributed by atoms with van der Waals surface area (Å²) in [6, 6.07) is 3.73. The van der Waals surface area contributed by atoms with E-state index in [4.69, 9.17) is 11.0 Å². The van der Waals surface area contributed by atoms with Gasteiger partial charge in [0, 0.05) is 19.1 Å². The molecule has 1 aromatic rings. The molecule has 0 spiro atoms. The zero-order chi connectivity index (χ0) is 11.0. The molecule has 2 rings (SSSR count). The molecule has 1 fully saturated rings. The van der Waals surface area contributed by atoms with Gasteiger partial charge < -0.3 is 10.6 Å². The van der Waals surface area contributed by atoms with Gasteiger partial charge in [0.25, 0.3) is 0 Å². The minimum atomic E-state index is -0.710. The highest BCUT2D eigenvalue weighted by molar-refractivity contribution is 5.54. The van der Waals surface area contributed by atoms with Crippen LogP contribution in [0.3, 0.4) is 0 Å². The van der Waals surface area contributed by atoms with Gasteiger partial charge in [-0.2, -0.15) is 5.26 Å². The Labute approximate surface area is 85.7 Å². The fourth-order valence-corrected chi connectivity index (χ4v) is 1.63. The van der Waals surface area contributed by atoms with Crippen molar-refractivity contribution in [3.05, 3.63) is 29.3 Å². The van der Waals surface area contributed by atoms with E-state index < -0.39 is 11.6 Å². The van der Waals surface area contributed by atoms with Gasteiger partial charge in [-0.1, -0.05) is 0 Å². The van der Waals surface area contributed by atoms with Crippen LogP contribution in [-0.4, -0.2) is 19.1 Å². The molecular weight excluding hydrogens is 200 g/mol. The molecule has 1 aliphatic rings. The second kappa shape index (κ2) is 3.48. The first-order valence-corrected chi connectivity index (χ1v) is 4.51. The molecule has 1 aromatic carbocycles. The van der Waals surface area contributed by atoms with Crippen LogP contribution >= 0.6 is 0 Å². The Morgan fingerprint density at radius 3 is 2.27 bits per heavy atom. The Kier molecular flexibility index (Phi) is 2.29. The standard InChI is InChI=1S/C10H9F2N3/c11-8-1-6(3-13)2-9(12)10(8)15-4-7(14)5-15/h1-2,7H,4-5,14H2. The van der Waals surface area contributed by atoms with E-state index in [1.807, 2.05) is 0 Å². The summed E-state index contributed by atoms with van der Waals surface area (Å²) in [5, 5.41) is 8.51. The molecule has 0 unspecified atom stereocenters. The van der Waals surface area contributed by atoms with Crippen LogP contribution in [0, 0.1) is 23.0 Å². The van der Waals surface area contributed by atoms with Crippen molar-refractivity contribution in [2.75, 3.05) is 18.0 Å². The number of nitrogens with zero attached hydrogens (tertiary/aromatic N) is 2. The monoisotopic (exact) mass is 209 g/mol. The predicted octanol–water partition coefficient (Wildman–Crippen LogP) is 0.984. The molecule has 1 saturated heterocycles. The van der Waals surface area contributed by atoms with E-state index in [0.29, 0.717) is 13.1 Å². The van der Waals surface area contributed by atoms with Crippen LogP contribution in [0.25, 0.3) is 0 Å². The van der Waals surface area contributed by atoms with Crippen molar-refractivity contribution in [3.8, 4) is 6.07 Å². The lowest BCUT2D eigenvalue weighted by Crippen LogP contribution is -2.56. The van der Waals surface area contributed by atoms with E-state index >= 15 is 0 Å². The van der Waals surface area contributed by atoms with Crippen LogP contribution < -0.4 is 10.6 Å². The summed E-state index contributed by atoms with van der Waals surface area (Å²) in [7, 11) is 0. The van der Waals surface area contributed by atoms with E-state index in [1.165, 1.54) is 4.90 Å². The SMILES string of the molecule is N#Cc1cc(F)c(N2CC(N)C2)c(F)c1. The Morgan fingerprint density at radius 2 is 1.87 bits per heavy atom. The minimum Gasteiger partial charge on any atom is -0.364 e. The number of rotatable bonds is 1. The van der Waals surface area contributed by atoms with E-state index in [9.17, 15) is 8.78 Å². The third-order valence-electron chi connectivity index (χ3n) is 2.37. The molecule has 0 radical (unpaired) electrons. The number of hydrogen-bond donors (Lipinski definition) is 1. The summed E-state index contributed by atoms with van der Waals surface area (Å²) in [6.45, 7) is 0.888. The van der Waals surface area contributed by atoms with Gasteiger partial charge in [-0.25, -0.2) is 8.78 Å². The zero-order valence-electron chi connectivity index (χ0n) is 7.87. The molecule has 0 atom stereocenters. The van der Waals surface area contributed by atoms with Crippen LogP contribution in [0.2, 0.25) is 0 Å². The third kappa shape index (κ3) is 1.64. The lowest BCUT2D eigenvalue weighted by atomic mass is 10.1. The number of nitriles is 1. The van der Waals surface area contributed by atoms with Crippen LogP contribution in [0.5, 0.6) is 0 Å². The average Bonchev–Trinajstić information content (AvgIpc) is 2.13. The summed E-state index contributed by atoms with van der Waals surface area (Å²) in [5.74, 6) is -1.42. The molecule has 0 saturated carbocycles. The molecule has 15 heavy (non-hydrogen) atoms. The Balaban J connectivity index is 2.36. The van der Waals surface area contributed by atoms with Crippen molar-refractivity contribution in [1.29, 1.82) is 5.26 Å². The van der Waals surface area contributed by atoms with Crippen molar-refractivity contribution in [3.63, 3.8) is 0 Å². The quantitative estimate of drug-likeness (QED) is 0.750. The summed E-state index contributed by atoms with van der Waals surface area (Å²) < 4.78 is 26.8. The number of nitrogens with two attached hydrogens (primary N) is 1. The van der Waals surface area contributed by atoms with Gasteiger partial charge in [0.1, 0.15) is 5.69 Å². The molecule has 2 N–H and O–H groups in total. The van der Waals surface area contributed by atoms with Crippen molar-refractivity contribution >= 4 is 5.69 Å². The van der Waals surface area contributed by atoms with Gasteiger partial charge in [0.15, 0.2) is 11.6 Å². The second-order valence-electron chi connectivity index (χ2n) is 3.57. The number of hydrogen-bond acceptors (Lipinski definition) is 3. The van der Waals surface area contributed by atoms with Crippen molar-refractivity contribution < 1.29 is 8.78 Å². The molecule has 0 bridgehead atoms. The largest absolute Gasteiger partial charge is 0.364 e. The van der Waals surface area contributed by atoms with Gasteiger partial charge in [-0.3, -0.25) is 0 Å². The van der Waals surface area contributed by atoms with Gasteiger partial charge in [-0.15, -0.1) is 0 Å². The summed E-state index contributed by atoms with van der Waals surface area (Å²) >= 11 is 0. The maximum Gasteiger partial charge on any atom is 0.150 e. The molecule has 5 heteroatoms. The fourth-order valence-electron chi connectivity index (χ4n) is 1.63. The maximum absolute atomic E-state index is 13.4. The van der Waals surface area contributed by atoms with Gasteiger partial charge >= 0.3 is 0 Å². The van der Waals surface area contributed by atoms with E-state index in [-0.39, 0.29) is 17.3 Å². The molecule has 0 aromatic heterocycles. The molecule has 1 heterocycles. The average molecular weight is 209 g/mol. The fraction of sp³-hybridized carbons (Fsp3) is 0.300.